The van der Waals surface area contributed by atoms with Crippen molar-refractivity contribution in [3.8, 4) is 45.6 Å². The van der Waals surface area contributed by atoms with Gasteiger partial charge in [0.2, 0.25) is 6.79 Å². The van der Waals surface area contributed by atoms with Gasteiger partial charge in [-0.3, -0.25) is 19.2 Å². The third kappa shape index (κ3) is 13.9. The van der Waals surface area contributed by atoms with Gasteiger partial charge in [0, 0.05) is 55.3 Å². The summed E-state index contributed by atoms with van der Waals surface area (Å²) in [6.45, 7) is 0.0968. The standard InChI is InChI=1S/C48H32O8.C41H30O6/c1-53-35-21-15-29(16-22-35)41(49)25-19-33-27-31-9-3-5-11-37(31)43-44-38-12-6-4-10-32(38)28-34(20-26-42(50)30-17-23-36(54-2)24-18-30)46(44)56-48(52)40-14-8-7-13-39(40)47(51)55-45(33)43;1-44-32-13-7-28(8-14-32)36(42)19-5-26-3-17-34-30(23-26)11-21-38-40(34)41-35-18-4-27(24-31(35)12-22-39(41)47-25-46-38)6-20-37(43)29-9-15-33(45-2)16-10-29/h3-28H,1-2H3;3-24H,25H2,1-2H3/b25-19-,26-20-;19-5-,20-6-. The average molecular weight is 1360 g/mol. The Morgan fingerprint density at radius 1 is 0.320 bits per heavy atom. The van der Waals surface area contributed by atoms with Gasteiger partial charge in [-0.05, 0) is 236 Å². The van der Waals surface area contributed by atoms with Crippen molar-refractivity contribution < 1.29 is 56.4 Å². The molecule has 1 aliphatic rings. The molecule has 1 aromatic heterocycles. The lowest BCUT2D eigenvalue weighted by Crippen LogP contribution is -2.04. The number of fused-ring (bicyclic) bond motifs is 15. The third-order valence-electron chi connectivity index (χ3n) is 17.9. The SMILES string of the molecule is COc1ccc(C(=O)/C=C\c2cc3ccccc3c3c2oc(=O)c2ccccc2c(=O)oc2c(/C=C\C(=O)c4ccc(OC)cc4)cc4ccccc4c23)cc1.COc1ccc(C(=O)/C=C\c2ccc3c4c(ccc3c2)OCOc2ccc3cc(/C=C\C(=O)c5ccc(OC)cc5)ccc3c2-4)cc1. The lowest BCUT2D eigenvalue weighted by molar-refractivity contribution is 0.103. The highest BCUT2D eigenvalue weighted by Crippen LogP contribution is 2.48. The van der Waals surface area contributed by atoms with E-state index in [-0.39, 0.29) is 51.9 Å². The van der Waals surface area contributed by atoms with Gasteiger partial charge in [0.25, 0.3) is 0 Å². The van der Waals surface area contributed by atoms with Crippen LogP contribution in [-0.4, -0.2) is 58.4 Å². The number of ether oxygens (including phenoxy) is 6. The largest absolute Gasteiger partial charge is 0.497 e. The van der Waals surface area contributed by atoms with E-state index < -0.39 is 11.3 Å². The first-order valence-electron chi connectivity index (χ1n) is 32.8. The highest BCUT2D eigenvalue weighted by molar-refractivity contribution is 6.27. The zero-order chi connectivity index (χ0) is 71.1. The second-order valence-electron chi connectivity index (χ2n) is 24.1. The van der Waals surface area contributed by atoms with E-state index in [0.717, 1.165) is 66.1 Å². The minimum Gasteiger partial charge on any atom is -0.497 e. The molecule has 0 radical (unpaired) electrons. The van der Waals surface area contributed by atoms with Crippen LogP contribution in [-0.2, 0) is 0 Å². The smallest absolute Gasteiger partial charge is 0.344 e. The van der Waals surface area contributed by atoms with Gasteiger partial charge in [-0.2, -0.15) is 0 Å². The van der Waals surface area contributed by atoms with Crippen LogP contribution in [0.15, 0.2) is 285 Å². The second-order valence-corrected chi connectivity index (χ2v) is 24.1. The summed E-state index contributed by atoms with van der Waals surface area (Å²) in [4.78, 5) is 80.8. The van der Waals surface area contributed by atoms with Gasteiger partial charge in [0.15, 0.2) is 23.1 Å². The van der Waals surface area contributed by atoms with Crippen molar-refractivity contribution in [2.24, 2.45) is 0 Å². The van der Waals surface area contributed by atoms with Crippen molar-refractivity contribution in [1.29, 1.82) is 0 Å². The van der Waals surface area contributed by atoms with Gasteiger partial charge >= 0.3 is 11.3 Å². The van der Waals surface area contributed by atoms with Crippen LogP contribution in [0.1, 0.15) is 63.7 Å². The number of hydrogen-bond acceptors (Lipinski definition) is 14. The summed E-state index contributed by atoms with van der Waals surface area (Å²) in [5, 5.41) is 7.88. The van der Waals surface area contributed by atoms with Crippen molar-refractivity contribution in [1.82, 2.24) is 0 Å². The van der Waals surface area contributed by atoms with E-state index in [2.05, 4.69) is 24.3 Å². The average Bonchev–Trinajstić information content (AvgIpc) is 1.12. The third-order valence-corrected chi connectivity index (χ3v) is 17.9. The van der Waals surface area contributed by atoms with Crippen LogP contribution in [0.25, 0.3) is 111 Å². The van der Waals surface area contributed by atoms with Crippen LogP contribution in [0, 0.1) is 0 Å². The van der Waals surface area contributed by atoms with E-state index in [0.29, 0.717) is 77.9 Å². The van der Waals surface area contributed by atoms with Gasteiger partial charge < -0.3 is 37.3 Å². The highest BCUT2D eigenvalue weighted by atomic mass is 16.7. The predicted octanol–water partition coefficient (Wildman–Crippen LogP) is 19.5. The normalized spacial score (nSPS) is 11.9. The molecule has 502 valence electrons. The summed E-state index contributed by atoms with van der Waals surface area (Å²) in [6, 6.07) is 73.0. The van der Waals surface area contributed by atoms with Crippen molar-refractivity contribution in [3.63, 3.8) is 0 Å². The molecule has 0 amide bonds. The number of ketones is 4. The molecular weight excluding hydrogens is 1290 g/mol. The van der Waals surface area contributed by atoms with Crippen LogP contribution in [0.5, 0.6) is 34.5 Å². The fourth-order valence-corrected chi connectivity index (χ4v) is 12.7. The van der Waals surface area contributed by atoms with Crippen molar-refractivity contribution >= 4 is 123 Å². The number of methoxy groups -OCH3 is 4. The minimum atomic E-state index is -0.779. The molecule has 14 aromatic rings. The number of allylic oxidation sites excluding steroid dienone is 4. The Morgan fingerprint density at radius 3 is 0.971 bits per heavy atom. The highest BCUT2D eigenvalue weighted by Gasteiger charge is 2.23. The van der Waals surface area contributed by atoms with Gasteiger partial charge in [-0.15, -0.1) is 0 Å². The molecule has 1 aliphatic heterocycles. The Kier molecular flexibility index (Phi) is 19.0. The molecule has 0 spiro atoms. The predicted molar refractivity (Wildman–Crippen MR) is 407 cm³/mol. The van der Waals surface area contributed by atoms with E-state index >= 15 is 0 Å². The first kappa shape index (κ1) is 66.5. The van der Waals surface area contributed by atoms with Crippen LogP contribution >= 0.6 is 0 Å². The lowest BCUT2D eigenvalue weighted by Gasteiger charge is -2.14. The molecule has 0 bridgehead atoms. The maximum atomic E-state index is 14.1. The van der Waals surface area contributed by atoms with Crippen molar-refractivity contribution in [2.75, 3.05) is 35.2 Å². The van der Waals surface area contributed by atoms with Crippen molar-refractivity contribution in [2.45, 2.75) is 0 Å². The molecule has 0 saturated carbocycles. The van der Waals surface area contributed by atoms with E-state index in [1.54, 1.807) is 162 Å². The molecule has 0 unspecified atom stereocenters. The van der Waals surface area contributed by atoms with Gasteiger partial charge in [-0.25, -0.2) is 9.59 Å². The number of carbonyl (C=O) groups excluding carboxylic acids is 4. The first-order valence-corrected chi connectivity index (χ1v) is 32.8. The van der Waals surface area contributed by atoms with Crippen molar-refractivity contribution in [3.05, 3.63) is 332 Å². The van der Waals surface area contributed by atoms with Crippen LogP contribution < -0.4 is 39.7 Å². The molecule has 0 aliphatic carbocycles. The molecule has 0 fully saturated rings. The van der Waals surface area contributed by atoms with Crippen LogP contribution in [0.2, 0.25) is 0 Å². The van der Waals surface area contributed by atoms with E-state index in [9.17, 15) is 28.8 Å². The summed E-state index contributed by atoms with van der Waals surface area (Å²) in [5.41, 5.74) is 5.39. The van der Waals surface area contributed by atoms with Gasteiger partial charge in [-0.1, -0.05) is 109 Å². The summed E-state index contributed by atoms with van der Waals surface area (Å²) in [7, 11) is 6.30. The lowest BCUT2D eigenvalue weighted by atomic mass is 9.91. The van der Waals surface area contributed by atoms with Crippen LogP contribution in [0.3, 0.4) is 0 Å². The maximum absolute atomic E-state index is 14.1. The maximum Gasteiger partial charge on any atom is 0.344 e. The fourth-order valence-electron chi connectivity index (χ4n) is 12.7. The van der Waals surface area contributed by atoms with Crippen LogP contribution in [0.4, 0.5) is 0 Å². The summed E-state index contributed by atoms with van der Waals surface area (Å²) in [6.07, 6.45) is 12.9. The molecule has 0 N–H and O–H groups in total. The first-order chi connectivity index (χ1) is 50.3. The van der Waals surface area contributed by atoms with E-state index in [1.165, 1.54) is 24.3 Å². The monoisotopic (exact) mass is 1350 g/mol. The Labute approximate surface area is 589 Å². The summed E-state index contributed by atoms with van der Waals surface area (Å²) >= 11 is 0. The second kappa shape index (κ2) is 29.4. The molecule has 2 heterocycles. The van der Waals surface area contributed by atoms with E-state index in [4.69, 9.17) is 37.3 Å². The zero-order valence-corrected chi connectivity index (χ0v) is 56.1. The molecule has 14 nitrogen and oxygen atoms in total. The summed E-state index contributed by atoms with van der Waals surface area (Å²) < 4.78 is 45.7. The molecule has 103 heavy (non-hydrogen) atoms. The van der Waals surface area contributed by atoms with Gasteiger partial charge in [0.1, 0.15) is 45.7 Å². The molecule has 14 heteroatoms. The Balaban J connectivity index is 0.000000177. The Morgan fingerprint density at radius 2 is 0.631 bits per heavy atom. The topological polar surface area (TPSA) is 184 Å². The molecule has 0 atom stereocenters. The number of rotatable bonds is 16. The van der Waals surface area contributed by atoms with Gasteiger partial charge in [0.05, 0.1) is 39.2 Å². The summed E-state index contributed by atoms with van der Waals surface area (Å²) in [5.74, 6) is 3.39. The molecule has 0 saturated heterocycles. The Bertz CT molecular complexity index is 5690. The quantitative estimate of drug-likeness (QED) is 0.0657. The Hall–Kier alpha value is -13.7. The fraction of sp³-hybridized carbons (Fsp3) is 0.0562. The molecule has 15 rings (SSSR count). The molecular formula is C89H62O14. The van der Waals surface area contributed by atoms with E-state index in [1.807, 2.05) is 109 Å². The number of carbonyl (C=O) groups is 4. The number of benzene rings is 13. The number of hydrogen-bond donors (Lipinski definition) is 0. The minimum absolute atomic E-state index is 0.00291. The molecule has 13 aromatic carbocycles. The zero-order valence-electron chi connectivity index (χ0n) is 56.1.